The first-order valence-electron chi connectivity index (χ1n) is 8.68. The van der Waals surface area contributed by atoms with Crippen LogP contribution in [0.25, 0.3) is 0 Å². The lowest BCUT2D eigenvalue weighted by molar-refractivity contribution is -0.140. The first-order chi connectivity index (χ1) is 12.0. The van der Waals surface area contributed by atoms with Gasteiger partial charge in [0.2, 0.25) is 0 Å². The SMILES string of the molecule is CC(C)CCN1C(=O)c2ccccc2[C@H](C(=O)O)[C@@H]1c1ccccc1. The van der Waals surface area contributed by atoms with Crippen molar-refractivity contribution >= 4 is 11.9 Å². The molecule has 0 aromatic heterocycles. The third kappa shape index (κ3) is 3.29. The van der Waals surface area contributed by atoms with Crippen LogP contribution in [0.4, 0.5) is 0 Å². The molecule has 0 aliphatic carbocycles. The summed E-state index contributed by atoms with van der Waals surface area (Å²) >= 11 is 0. The summed E-state index contributed by atoms with van der Waals surface area (Å²) in [5.41, 5.74) is 1.97. The Hall–Kier alpha value is -2.62. The molecule has 2 aromatic carbocycles. The fourth-order valence-corrected chi connectivity index (χ4v) is 3.52. The fourth-order valence-electron chi connectivity index (χ4n) is 3.52. The van der Waals surface area contributed by atoms with Crippen molar-refractivity contribution in [2.24, 2.45) is 5.92 Å². The van der Waals surface area contributed by atoms with E-state index in [4.69, 9.17) is 0 Å². The fraction of sp³-hybridized carbons (Fsp3) is 0.333. The van der Waals surface area contributed by atoms with Crippen LogP contribution in [0.2, 0.25) is 0 Å². The number of hydrogen-bond donors (Lipinski definition) is 1. The number of aliphatic carboxylic acids is 1. The van der Waals surface area contributed by atoms with E-state index in [2.05, 4.69) is 13.8 Å². The van der Waals surface area contributed by atoms with Gasteiger partial charge in [0, 0.05) is 12.1 Å². The molecule has 25 heavy (non-hydrogen) atoms. The lowest BCUT2D eigenvalue weighted by atomic mass is 9.79. The summed E-state index contributed by atoms with van der Waals surface area (Å²) in [4.78, 5) is 27.0. The van der Waals surface area contributed by atoms with Gasteiger partial charge in [0.1, 0.15) is 5.92 Å². The van der Waals surface area contributed by atoms with Crippen LogP contribution in [0, 0.1) is 5.92 Å². The summed E-state index contributed by atoms with van der Waals surface area (Å²) in [6.45, 7) is 4.76. The van der Waals surface area contributed by atoms with Crippen LogP contribution < -0.4 is 0 Å². The van der Waals surface area contributed by atoms with Gasteiger partial charge in [-0.15, -0.1) is 0 Å². The summed E-state index contributed by atoms with van der Waals surface area (Å²) in [5.74, 6) is -1.31. The number of fused-ring (bicyclic) bond motifs is 1. The van der Waals surface area contributed by atoms with Crippen LogP contribution in [0.5, 0.6) is 0 Å². The van der Waals surface area contributed by atoms with E-state index in [1.54, 1.807) is 29.2 Å². The molecule has 1 aliphatic rings. The van der Waals surface area contributed by atoms with Crippen LogP contribution in [0.15, 0.2) is 54.6 Å². The minimum absolute atomic E-state index is 0.0809. The molecule has 0 spiro atoms. The van der Waals surface area contributed by atoms with Crippen LogP contribution in [-0.2, 0) is 4.79 Å². The van der Waals surface area contributed by atoms with Crippen molar-refractivity contribution in [3.05, 3.63) is 71.3 Å². The van der Waals surface area contributed by atoms with E-state index in [0.29, 0.717) is 23.6 Å². The minimum atomic E-state index is -0.900. The van der Waals surface area contributed by atoms with Crippen molar-refractivity contribution in [3.63, 3.8) is 0 Å². The molecule has 0 saturated heterocycles. The van der Waals surface area contributed by atoms with E-state index in [9.17, 15) is 14.7 Å². The number of nitrogens with zero attached hydrogens (tertiary/aromatic N) is 1. The number of carboxylic acid groups (broad SMARTS) is 1. The van der Waals surface area contributed by atoms with E-state index in [0.717, 1.165) is 12.0 Å². The van der Waals surface area contributed by atoms with Crippen molar-refractivity contribution in [2.75, 3.05) is 6.54 Å². The predicted molar refractivity (Wildman–Crippen MR) is 96.5 cm³/mol. The molecule has 0 saturated carbocycles. The average molecular weight is 337 g/mol. The normalized spacial score (nSPS) is 19.8. The largest absolute Gasteiger partial charge is 0.481 e. The molecule has 2 atom stereocenters. The van der Waals surface area contributed by atoms with Gasteiger partial charge in [-0.05, 0) is 29.5 Å². The molecular formula is C21H23NO3. The molecule has 4 heteroatoms. The number of hydrogen-bond acceptors (Lipinski definition) is 2. The molecular weight excluding hydrogens is 314 g/mol. The zero-order chi connectivity index (χ0) is 18.0. The van der Waals surface area contributed by atoms with Gasteiger partial charge in [0.25, 0.3) is 5.91 Å². The number of carbonyl (C=O) groups is 2. The maximum atomic E-state index is 13.1. The van der Waals surface area contributed by atoms with Crippen LogP contribution >= 0.6 is 0 Å². The van der Waals surface area contributed by atoms with Crippen LogP contribution in [0.3, 0.4) is 0 Å². The summed E-state index contributed by atoms with van der Waals surface area (Å²) in [6.07, 6.45) is 0.837. The highest BCUT2D eigenvalue weighted by Crippen LogP contribution is 2.42. The Labute approximate surface area is 148 Å². The Kier molecular flexibility index (Phi) is 4.88. The number of amides is 1. The molecule has 0 bridgehead atoms. The lowest BCUT2D eigenvalue weighted by Crippen LogP contribution is -2.45. The van der Waals surface area contributed by atoms with Gasteiger partial charge in [-0.3, -0.25) is 9.59 Å². The predicted octanol–water partition coefficient (Wildman–Crippen LogP) is 4.10. The number of benzene rings is 2. The van der Waals surface area contributed by atoms with Gasteiger partial charge in [0.15, 0.2) is 0 Å². The van der Waals surface area contributed by atoms with Crippen molar-refractivity contribution in [2.45, 2.75) is 32.2 Å². The maximum Gasteiger partial charge on any atom is 0.313 e. The summed E-state index contributed by atoms with van der Waals surface area (Å²) in [6, 6.07) is 16.1. The summed E-state index contributed by atoms with van der Waals surface area (Å²) in [5, 5.41) is 9.96. The second kappa shape index (κ2) is 7.09. The van der Waals surface area contributed by atoms with E-state index < -0.39 is 17.9 Å². The highest BCUT2D eigenvalue weighted by Gasteiger charge is 2.43. The Bertz CT molecular complexity index is 770. The third-order valence-corrected chi connectivity index (χ3v) is 4.79. The second-order valence-electron chi connectivity index (χ2n) is 6.94. The third-order valence-electron chi connectivity index (χ3n) is 4.79. The molecule has 3 rings (SSSR count). The highest BCUT2D eigenvalue weighted by molar-refractivity contribution is 6.00. The first-order valence-corrected chi connectivity index (χ1v) is 8.68. The van der Waals surface area contributed by atoms with Gasteiger partial charge < -0.3 is 10.0 Å². The van der Waals surface area contributed by atoms with E-state index in [1.807, 2.05) is 30.3 Å². The quantitative estimate of drug-likeness (QED) is 0.894. The lowest BCUT2D eigenvalue weighted by Gasteiger charge is -2.41. The van der Waals surface area contributed by atoms with Gasteiger partial charge >= 0.3 is 5.97 Å². The number of carbonyl (C=O) groups excluding carboxylic acids is 1. The van der Waals surface area contributed by atoms with Crippen molar-refractivity contribution in [1.82, 2.24) is 4.90 Å². The highest BCUT2D eigenvalue weighted by atomic mass is 16.4. The molecule has 0 radical (unpaired) electrons. The van der Waals surface area contributed by atoms with Crippen LogP contribution in [0.1, 0.15) is 53.7 Å². The Morgan fingerprint density at radius 3 is 2.36 bits per heavy atom. The zero-order valence-electron chi connectivity index (χ0n) is 14.6. The Morgan fingerprint density at radius 2 is 1.72 bits per heavy atom. The monoisotopic (exact) mass is 337 g/mol. The van der Waals surface area contributed by atoms with E-state index >= 15 is 0 Å². The minimum Gasteiger partial charge on any atom is -0.481 e. The molecule has 130 valence electrons. The standard InChI is InChI=1S/C21H23NO3/c1-14(2)12-13-22-19(15-8-4-3-5-9-15)18(21(24)25)16-10-6-7-11-17(16)20(22)23/h3-11,14,18-19H,12-13H2,1-2H3,(H,24,25)/t18-,19-/m0/s1. The topological polar surface area (TPSA) is 57.6 Å². The molecule has 1 amide bonds. The van der Waals surface area contributed by atoms with Gasteiger partial charge in [0.05, 0.1) is 6.04 Å². The molecule has 1 N–H and O–H groups in total. The molecule has 2 aromatic rings. The van der Waals surface area contributed by atoms with E-state index in [-0.39, 0.29) is 5.91 Å². The van der Waals surface area contributed by atoms with Crippen molar-refractivity contribution in [1.29, 1.82) is 0 Å². The first kappa shape index (κ1) is 17.2. The number of rotatable bonds is 5. The molecule has 4 nitrogen and oxygen atoms in total. The summed E-state index contributed by atoms with van der Waals surface area (Å²) in [7, 11) is 0. The molecule has 0 fully saturated rings. The molecule has 1 aliphatic heterocycles. The van der Waals surface area contributed by atoms with Gasteiger partial charge in [-0.2, -0.15) is 0 Å². The van der Waals surface area contributed by atoms with Gasteiger partial charge in [-0.1, -0.05) is 62.4 Å². The smallest absolute Gasteiger partial charge is 0.313 e. The van der Waals surface area contributed by atoms with Crippen molar-refractivity contribution < 1.29 is 14.7 Å². The van der Waals surface area contributed by atoms with Crippen LogP contribution in [-0.4, -0.2) is 28.4 Å². The Morgan fingerprint density at radius 1 is 1.08 bits per heavy atom. The van der Waals surface area contributed by atoms with E-state index in [1.165, 1.54) is 0 Å². The molecule has 1 heterocycles. The summed E-state index contributed by atoms with van der Waals surface area (Å²) < 4.78 is 0. The average Bonchev–Trinajstić information content (AvgIpc) is 2.61. The van der Waals surface area contributed by atoms with Crippen molar-refractivity contribution in [3.8, 4) is 0 Å². The Balaban J connectivity index is 2.14. The second-order valence-corrected chi connectivity index (χ2v) is 6.94. The maximum absolute atomic E-state index is 13.1. The number of carboxylic acids is 1. The molecule has 0 unspecified atom stereocenters. The van der Waals surface area contributed by atoms with Gasteiger partial charge in [-0.25, -0.2) is 0 Å². The zero-order valence-corrected chi connectivity index (χ0v) is 14.6.